The molecule has 1 aliphatic rings. The molecule has 1 aromatic heterocycles. The van der Waals surface area contributed by atoms with Crippen LogP contribution in [0.5, 0.6) is 5.75 Å². The van der Waals surface area contributed by atoms with E-state index in [0.717, 1.165) is 5.56 Å². The number of hydrogen-bond acceptors (Lipinski definition) is 6. The number of benzene rings is 1. The third-order valence-electron chi connectivity index (χ3n) is 6.97. The van der Waals surface area contributed by atoms with Gasteiger partial charge in [-0.1, -0.05) is 12.1 Å². The number of aryl methyl sites for hydroxylation is 1. The first kappa shape index (κ1) is 29.7. The Morgan fingerprint density at radius 2 is 1.87 bits per heavy atom. The zero-order valence-corrected chi connectivity index (χ0v) is 23.1. The Kier molecular flexibility index (Phi) is 11.3. The zero-order valence-electron chi connectivity index (χ0n) is 23.1. The van der Waals surface area contributed by atoms with Crippen molar-refractivity contribution in [1.29, 1.82) is 0 Å². The molecule has 0 bridgehead atoms. The van der Waals surface area contributed by atoms with Crippen molar-refractivity contribution in [2.45, 2.75) is 64.1 Å². The van der Waals surface area contributed by atoms with Crippen LogP contribution in [0, 0.1) is 0 Å². The molecule has 3 rings (SSSR count). The fourth-order valence-corrected chi connectivity index (χ4v) is 4.48. The fraction of sp³-hybridized carbons (Fsp3) is 0.536. The molecule has 1 fully saturated rings. The Morgan fingerprint density at radius 1 is 1.13 bits per heavy atom. The summed E-state index contributed by atoms with van der Waals surface area (Å²) in [5, 5.41) is 9.91. The van der Waals surface area contributed by atoms with E-state index in [1.165, 1.54) is 4.90 Å². The highest BCUT2D eigenvalue weighted by molar-refractivity contribution is 5.92. The lowest BCUT2D eigenvalue weighted by Crippen LogP contribution is -2.54. The quantitative estimate of drug-likeness (QED) is 0.547. The smallest absolute Gasteiger partial charge is 0.245 e. The molecule has 11 heteroatoms. The van der Waals surface area contributed by atoms with Crippen LogP contribution < -0.4 is 15.4 Å². The molecule has 1 aliphatic heterocycles. The topological polar surface area (TPSA) is 126 Å². The lowest BCUT2D eigenvalue weighted by Gasteiger charge is -2.29. The molecule has 2 atom stereocenters. The first-order valence-corrected chi connectivity index (χ1v) is 13.5. The summed E-state index contributed by atoms with van der Waals surface area (Å²) in [6, 6.07) is 7.58. The third-order valence-corrected chi connectivity index (χ3v) is 6.97. The molecule has 39 heavy (non-hydrogen) atoms. The van der Waals surface area contributed by atoms with Gasteiger partial charge in [0.25, 0.3) is 0 Å². The summed E-state index contributed by atoms with van der Waals surface area (Å²) in [6.07, 6.45) is 6.10. The Morgan fingerprint density at radius 3 is 2.56 bits per heavy atom. The van der Waals surface area contributed by atoms with E-state index in [-0.39, 0.29) is 36.5 Å². The fourth-order valence-electron chi connectivity index (χ4n) is 4.48. The van der Waals surface area contributed by atoms with Gasteiger partial charge in [0.05, 0.1) is 7.11 Å². The number of rotatable bonds is 7. The summed E-state index contributed by atoms with van der Waals surface area (Å²) in [7, 11) is 3.15. The number of amides is 4. The van der Waals surface area contributed by atoms with E-state index in [9.17, 15) is 19.2 Å². The molecule has 212 valence electrons. The number of nitrogens with zero attached hydrogens (tertiary/aromatic N) is 4. The van der Waals surface area contributed by atoms with Crippen molar-refractivity contribution < 1.29 is 23.9 Å². The summed E-state index contributed by atoms with van der Waals surface area (Å²) >= 11 is 0. The summed E-state index contributed by atoms with van der Waals surface area (Å²) in [5.74, 6) is -0.190. The van der Waals surface area contributed by atoms with Crippen LogP contribution in [0.4, 0.5) is 0 Å². The Bertz CT molecular complexity index is 1090. The van der Waals surface area contributed by atoms with Crippen LogP contribution in [0.1, 0.15) is 44.6 Å². The van der Waals surface area contributed by atoms with Crippen molar-refractivity contribution >= 4 is 23.6 Å². The Balaban J connectivity index is 1.68. The second-order valence-electron chi connectivity index (χ2n) is 9.80. The second kappa shape index (κ2) is 14.9. The number of aromatic nitrogens is 2. The highest BCUT2D eigenvalue weighted by atomic mass is 16.5. The number of likely N-dealkylation sites (N-methyl/N-ethyl adjacent to an activating group) is 1. The first-order chi connectivity index (χ1) is 18.8. The number of hydrogen-bond donors (Lipinski definition) is 2. The number of methoxy groups -OCH3 is 1. The second-order valence-corrected chi connectivity index (χ2v) is 9.80. The number of nitrogens with one attached hydrogen (secondary N) is 2. The highest BCUT2D eigenvalue weighted by Gasteiger charge is 2.30. The minimum Gasteiger partial charge on any atom is -0.497 e. The summed E-state index contributed by atoms with van der Waals surface area (Å²) in [5.41, 5.74) is 0.852. The minimum atomic E-state index is -0.837. The average Bonchev–Trinajstić information content (AvgIpc) is 3.46. The number of carbonyl (C=O) groups excluding carboxylic acids is 4. The molecule has 0 saturated carbocycles. The molecular formula is C28H40N6O5. The van der Waals surface area contributed by atoms with Crippen LogP contribution >= 0.6 is 0 Å². The molecule has 0 radical (unpaired) electrons. The van der Waals surface area contributed by atoms with Crippen molar-refractivity contribution in [3.8, 4) is 5.75 Å². The maximum Gasteiger partial charge on any atom is 0.245 e. The molecule has 11 nitrogen and oxygen atoms in total. The van der Waals surface area contributed by atoms with Gasteiger partial charge < -0.3 is 25.2 Å². The van der Waals surface area contributed by atoms with E-state index in [2.05, 4.69) is 15.7 Å². The van der Waals surface area contributed by atoms with Gasteiger partial charge in [-0.05, 0) is 49.9 Å². The molecule has 4 amide bonds. The lowest BCUT2D eigenvalue weighted by molar-refractivity contribution is -0.141. The molecule has 0 unspecified atom stereocenters. The third kappa shape index (κ3) is 9.12. The molecule has 0 spiro atoms. The lowest BCUT2D eigenvalue weighted by atomic mass is 10.0. The molecule has 2 aromatic rings. The minimum absolute atomic E-state index is 0.0128. The molecule has 0 aliphatic carbocycles. The van der Waals surface area contributed by atoms with Crippen LogP contribution in [0.2, 0.25) is 0 Å². The monoisotopic (exact) mass is 540 g/mol. The van der Waals surface area contributed by atoms with Crippen LogP contribution in [0.3, 0.4) is 0 Å². The molecule has 2 N–H and O–H groups in total. The SMILES string of the molecule is COc1ccc(C[C@@H]2NC(=O)CCCN(C(=O)CCCn3cccn3)CCCNC(=O)[C@H](C)N(C)C2=O)cc1. The molecule has 2 heterocycles. The zero-order chi connectivity index (χ0) is 28.2. The van der Waals surface area contributed by atoms with Crippen molar-refractivity contribution in [3.05, 3.63) is 48.3 Å². The van der Waals surface area contributed by atoms with Gasteiger partial charge in [-0.25, -0.2) is 0 Å². The largest absolute Gasteiger partial charge is 0.497 e. The summed E-state index contributed by atoms with van der Waals surface area (Å²) < 4.78 is 7.00. The van der Waals surface area contributed by atoms with Gasteiger partial charge in [0.2, 0.25) is 23.6 Å². The predicted molar refractivity (Wildman–Crippen MR) is 146 cm³/mol. The van der Waals surface area contributed by atoms with Gasteiger partial charge in [-0.15, -0.1) is 0 Å². The number of carbonyl (C=O) groups is 4. The van der Waals surface area contributed by atoms with Crippen LogP contribution in [-0.2, 0) is 32.1 Å². The predicted octanol–water partition coefficient (Wildman–Crippen LogP) is 1.38. The van der Waals surface area contributed by atoms with Crippen LogP contribution in [-0.4, -0.2) is 89.1 Å². The van der Waals surface area contributed by atoms with Gasteiger partial charge in [-0.3, -0.25) is 23.9 Å². The van der Waals surface area contributed by atoms with Gasteiger partial charge in [0.15, 0.2) is 0 Å². The first-order valence-electron chi connectivity index (χ1n) is 13.5. The average molecular weight is 541 g/mol. The van der Waals surface area contributed by atoms with Crippen molar-refractivity contribution in [3.63, 3.8) is 0 Å². The van der Waals surface area contributed by atoms with Crippen molar-refractivity contribution in [1.82, 2.24) is 30.2 Å². The number of ether oxygens (including phenoxy) is 1. The Hall–Kier alpha value is -3.89. The van der Waals surface area contributed by atoms with Crippen LogP contribution in [0.25, 0.3) is 0 Å². The molecule has 1 aromatic carbocycles. The van der Waals surface area contributed by atoms with E-state index in [1.54, 1.807) is 49.0 Å². The van der Waals surface area contributed by atoms with E-state index in [4.69, 9.17) is 4.74 Å². The van der Waals surface area contributed by atoms with Gasteiger partial charge in [0.1, 0.15) is 17.8 Å². The van der Waals surface area contributed by atoms with Crippen molar-refractivity contribution in [2.75, 3.05) is 33.8 Å². The normalized spacial score (nSPS) is 20.0. The van der Waals surface area contributed by atoms with E-state index < -0.39 is 12.1 Å². The van der Waals surface area contributed by atoms with E-state index in [0.29, 0.717) is 57.6 Å². The van der Waals surface area contributed by atoms with E-state index in [1.807, 2.05) is 24.4 Å². The highest BCUT2D eigenvalue weighted by Crippen LogP contribution is 2.14. The maximum absolute atomic E-state index is 13.4. The maximum atomic E-state index is 13.4. The molecular weight excluding hydrogens is 500 g/mol. The van der Waals surface area contributed by atoms with Crippen molar-refractivity contribution in [2.24, 2.45) is 0 Å². The van der Waals surface area contributed by atoms with Gasteiger partial charge in [0, 0.05) is 64.9 Å². The summed E-state index contributed by atoms with van der Waals surface area (Å²) in [4.78, 5) is 55.2. The summed E-state index contributed by atoms with van der Waals surface area (Å²) in [6.45, 7) is 3.60. The molecule has 1 saturated heterocycles. The Labute approximate surface area is 229 Å². The van der Waals surface area contributed by atoms with E-state index >= 15 is 0 Å². The van der Waals surface area contributed by atoms with Crippen LogP contribution in [0.15, 0.2) is 42.7 Å². The van der Waals surface area contributed by atoms with Gasteiger partial charge in [-0.2, -0.15) is 5.10 Å². The van der Waals surface area contributed by atoms with Gasteiger partial charge >= 0.3 is 0 Å². The standard InChI is InChI=1S/C28H40N6O5/c1-21-27(37)29-14-6-17-33(26(36)9-5-18-34-19-7-15-30-34)16-4-8-25(35)31-24(28(38)32(21)2)20-22-10-12-23(39-3)13-11-22/h7,10-13,15,19,21,24H,4-6,8-9,14,16-18,20H2,1-3H3,(H,29,37)(H,31,35)/t21-,24-/m0/s1.